The van der Waals surface area contributed by atoms with E-state index in [2.05, 4.69) is 17.1 Å². The van der Waals surface area contributed by atoms with E-state index in [4.69, 9.17) is 11.6 Å². The Labute approximate surface area is 154 Å². The summed E-state index contributed by atoms with van der Waals surface area (Å²) in [4.78, 5) is 15.7. The number of hydrogen-bond acceptors (Lipinski definition) is 3. The van der Waals surface area contributed by atoms with Gasteiger partial charge < -0.3 is 10.2 Å². The first-order valence-electron chi connectivity index (χ1n) is 8.10. The molecular weight excluding hydrogens is 351 g/mol. The van der Waals surface area contributed by atoms with Crippen molar-refractivity contribution >= 4 is 41.7 Å². The van der Waals surface area contributed by atoms with E-state index in [1.807, 2.05) is 24.3 Å². The molecule has 0 saturated carbocycles. The van der Waals surface area contributed by atoms with Crippen LogP contribution < -0.4 is 5.32 Å². The lowest BCUT2D eigenvalue weighted by molar-refractivity contribution is -0.133. The molecule has 0 spiro atoms. The van der Waals surface area contributed by atoms with Crippen LogP contribution in [0, 0.1) is 0 Å². The maximum absolute atomic E-state index is 12.6. The predicted molar refractivity (Wildman–Crippen MR) is 102 cm³/mol. The van der Waals surface area contributed by atoms with Gasteiger partial charge in [0.25, 0.3) is 0 Å². The quantitative estimate of drug-likeness (QED) is 0.722. The van der Waals surface area contributed by atoms with Gasteiger partial charge in [0.2, 0.25) is 5.91 Å². The topological polar surface area (TPSA) is 32.3 Å². The van der Waals surface area contributed by atoms with Crippen molar-refractivity contribution in [3.8, 4) is 0 Å². The molecule has 23 heavy (non-hydrogen) atoms. The van der Waals surface area contributed by atoms with Gasteiger partial charge in [0.05, 0.1) is 5.02 Å². The fourth-order valence-electron chi connectivity index (χ4n) is 2.82. The summed E-state index contributed by atoms with van der Waals surface area (Å²) in [6.45, 7) is 5.05. The lowest BCUT2D eigenvalue weighted by atomic mass is 10.0. The molecule has 0 unspecified atom stereocenters. The molecule has 0 aromatic heterocycles. The average molecular weight is 377 g/mol. The Morgan fingerprint density at radius 3 is 2.70 bits per heavy atom. The molecule has 1 heterocycles. The van der Waals surface area contributed by atoms with Gasteiger partial charge in [-0.3, -0.25) is 4.79 Å². The SMILES string of the molecule is CCCN(C(=O)CCSc1ccccc1Cl)C1CCNCC1.Cl. The Morgan fingerprint density at radius 1 is 1.35 bits per heavy atom. The summed E-state index contributed by atoms with van der Waals surface area (Å²) in [5, 5.41) is 4.13. The molecule has 1 aromatic rings. The molecule has 130 valence electrons. The number of carbonyl (C=O) groups is 1. The standard InChI is InChI=1S/C17H25ClN2OS.ClH/c1-2-12-20(14-7-10-19-11-8-14)17(21)9-13-22-16-6-4-3-5-15(16)18;/h3-6,14,19H,2,7-13H2,1H3;1H. The normalized spacial score (nSPS) is 15.0. The van der Waals surface area contributed by atoms with E-state index in [0.29, 0.717) is 12.5 Å². The zero-order chi connectivity index (χ0) is 15.8. The molecule has 1 saturated heterocycles. The zero-order valence-corrected chi connectivity index (χ0v) is 16.0. The molecule has 1 amide bonds. The van der Waals surface area contributed by atoms with Crippen LogP contribution in [0.2, 0.25) is 5.02 Å². The van der Waals surface area contributed by atoms with Crippen LogP contribution in [0.25, 0.3) is 0 Å². The lowest BCUT2D eigenvalue weighted by Gasteiger charge is -2.34. The monoisotopic (exact) mass is 376 g/mol. The minimum Gasteiger partial charge on any atom is -0.340 e. The number of benzene rings is 1. The van der Waals surface area contributed by atoms with E-state index in [1.54, 1.807) is 11.8 Å². The number of nitrogens with one attached hydrogen (secondary N) is 1. The third kappa shape index (κ3) is 6.54. The molecule has 1 aliphatic heterocycles. The molecule has 1 N–H and O–H groups in total. The summed E-state index contributed by atoms with van der Waals surface area (Å²) < 4.78 is 0. The van der Waals surface area contributed by atoms with Gasteiger partial charge in [-0.1, -0.05) is 30.7 Å². The molecule has 6 heteroatoms. The van der Waals surface area contributed by atoms with Crippen LogP contribution >= 0.6 is 35.8 Å². The van der Waals surface area contributed by atoms with Gasteiger partial charge in [0.1, 0.15) is 0 Å². The van der Waals surface area contributed by atoms with E-state index in [9.17, 15) is 4.79 Å². The Morgan fingerprint density at radius 2 is 2.04 bits per heavy atom. The lowest BCUT2D eigenvalue weighted by Crippen LogP contribution is -2.46. The van der Waals surface area contributed by atoms with Crippen molar-refractivity contribution in [2.24, 2.45) is 0 Å². The van der Waals surface area contributed by atoms with Crippen molar-refractivity contribution in [2.45, 2.75) is 43.5 Å². The van der Waals surface area contributed by atoms with E-state index in [1.165, 1.54) is 0 Å². The van der Waals surface area contributed by atoms with Crippen LogP contribution in [0.15, 0.2) is 29.2 Å². The van der Waals surface area contributed by atoms with E-state index >= 15 is 0 Å². The smallest absolute Gasteiger partial charge is 0.223 e. The number of thioether (sulfide) groups is 1. The molecule has 1 fully saturated rings. The minimum absolute atomic E-state index is 0. The second kappa shape index (κ2) is 11.2. The Bertz CT molecular complexity index is 481. The van der Waals surface area contributed by atoms with Crippen LogP contribution in [-0.4, -0.2) is 42.2 Å². The summed E-state index contributed by atoms with van der Waals surface area (Å²) >= 11 is 7.82. The number of rotatable bonds is 7. The highest BCUT2D eigenvalue weighted by atomic mass is 35.5. The van der Waals surface area contributed by atoms with Crippen LogP contribution in [-0.2, 0) is 4.79 Å². The molecule has 0 atom stereocenters. The second-order valence-electron chi connectivity index (χ2n) is 5.60. The molecule has 0 bridgehead atoms. The number of amides is 1. The first kappa shape index (κ1) is 20.6. The number of piperidine rings is 1. The van der Waals surface area contributed by atoms with Crippen LogP contribution in [0.5, 0.6) is 0 Å². The maximum Gasteiger partial charge on any atom is 0.223 e. The minimum atomic E-state index is 0. The number of carbonyl (C=O) groups excluding carboxylic acids is 1. The highest BCUT2D eigenvalue weighted by molar-refractivity contribution is 7.99. The maximum atomic E-state index is 12.6. The average Bonchev–Trinajstić information content (AvgIpc) is 2.55. The van der Waals surface area contributed by atoms with Crippen molar-refractivity contribution < 1.29 is 4.79 Å². The summed E-state index contributed by atoms with van der Waals surface area (Å²) in [6.07, 6.45) is 3.75. The number of halogens is 2. The van der Waals surface area contributed by atoms with Gasteiger partial charge >= 0.3 is 0 Å². The second-order valence-corrected chi connectivity index (χ2v) is 7.14. The first-order valence-corrected chi connectivity index (χ1v) is 9.46. The first-order chi connectivity index (χ1) is 10.7. The van der Waals surface area contributed by atoms with Gasteiger partial charge in [0, 0.05) is 29.7 Å². The van der Waals surface area contributed by atoms with Gasteiger partial charge in [-0.25, -0.2) is 0 Å². The van der Waals surface area contributed by atoms with Gasteiger partial charge in [-0.05, 0) is 44.5 Å². The molecule has 1 aliphatic rings. The summed E-state index contributed by atoms with van der Waals surface area (Å²) in [6, 6.07) is 8.23. The van der Waals surface area contributed by atoms with Crippen LogP contribution in [0.4, 0.5) is 0 Å². The van der Waals surface area contributed by atoms with Crippen LogP contribution in [0.1, 0.15) is 32.6 Å². The number of hydrogen-bond donors (Lipinski definition) is 1. The third-order valence-corrected chi connectivity index (χ3v) is 5.46. The highest BCUT2D eigenvalue weighted by Gasteiger charge is 2.24. The van der Waals surface area contributed by atoms with Gasteiger partial charge in [-0.15, -0.1) is 24.2 Å². The van der Waals surface area contributed by atoms with E-state index in [0.717, 1.165) is 54.6 Å². The predicted octanol–water partition coefficient (Wildman–Crippen LogP) is 4.23. The fraction of sp³-hybridized carbons (Fsp3) is 0.588. The van der Waals surface area contributed by atoms with Crippen LogP contribution in [0.3, 0.4) is 0 Å². The molecule has 2 rings (SSSR count). The van der Waals surface area contributed by atoms with E-state index in [-0.39, 0.29) is 18.3 Å². The van der Waals surface area contributed by atoms with Crippen molar-refractivity contribution in [3.05, 3.63) is 29.3 Å². The summed E-state index contributed by atoms with van der Waals surface area (Å²) in [5.41, 5.74) is 0. The number of nitrogens with zero attached hydrogens (tertiary/aromatic N) is 1. The fourth-order valence-corrected chi connectivity index (χ4v) is 4.00. The van der Waals surface area contributed by atoms with Crippen molar-refractivity contribution in [1.82, 2.24) is 10.2 Å². The van der Waals surface area contributed by atoms with Gasteiger partial charge in [-0.2, -0.15) is 0 Å². The highest BCUT2D eigenvalue weighted by Crippen LogP contribution is 2.27. The molecule has 3 nitrogen and oxygen atoms in total. The molecule has 0 radical (unpaired) electrons. The largest absolute Gasteiger partial charge is 0.340 e. The van der Waals surface area contributed by atoms with Crippen molar-refractivity contribution in [1.29, 1.82) is 0 Å². The summed E-state index contributed by atoms with van der Waals surface area (Å²) in [5.74, 6) is 1.07. The third-order valence-electron chi connectivity index (χ3n) is 3.94. The van der Waals surface area contributed by atoms with Crippen molar-refractivity contribution in [2.75, 3.05) is 25.4 Å². The zero-order valence-electron chi connectivity index (χ0n) is 13.6. The van der Waals surface area contributed by atoms with E-state index < -0.39 is 0 Å². The summed E-state index contributed by atoms with van der Waals surface area (Å²) in [7, 11) is 0. The molecule has 1 aromatic carbocycles. The Balaban J connectivity index is 0.00000264. The van der Waals surface area contributed by atoms with Gasteiger partial charge in [0.15, 0.2) is 0 Å². The molecular formula is C17H26Cl2N2OS. The van der Waals surface area contributed by atoms with Crippen molar-refractivity contribution in [3.63, 3.8) is 0 Å². The Kier molecular flexibility index (Phi) is 10.0. The molecule has 0 aliphatic carbocycles. The Hall–Kier alpha value is -0.420.